The third-order valence-electron chi connectivity index (χ3n) is 1.78. The lowest BCUT2D eigenvalue weighted by Crippen LogP contribution is -2.42. The molecule has 0 saturated carbocycles. The Bertz CT molecular complexity index is 224. The van der Waals surface area contributed by atoms with Gasteiger partial charge in [0.1, 0.15) is 6.61 Å². The van der Waals surface area contributed by atoms with Crippen molar-refractivity contribution in [2.75, 3.05) is 33.5 Å². The van der Waals surface area contributed by atoms with Crippen molar-refractivity contribution in [2.24, 2.45) is 5.73 Å². The summed E-state index contributed by atoms with van der Waals surface area (Å²) >= 11 is 0. The minimum Gasteiger partial charge on any atom is -0.385 e. The fraction of sp³-hybridized carbons (Fsp3) is 0.889. The molecule has 5 nitrogen and oxygen atoms in total. The van der Waals surface area contributed by atoms with Crippen LogP contribution in [-0.4, -0.2) is 51.6 Å². The topological polar surface area (TPSA) is 73.6 Å². The Morgan fingerprint density at radius 3 is 2.59 bits per heavy atom. The van der Waals surface area contributed by atoms with E-state index in [1.165, 1.54) is 7.11 Å². The van der Waals surface area contributed by atoms with Gasteiger partial charge in [0, 0.05) is 20.3 Å². The van der Waals surface area contributed by atoms with Crippen molar-refractivity contribution in [1.82, 2.24) is 5.32 Å². The first-order valence-corrected chi connectivity index (χ1v) is 5.03. The number of amides is 1. The van der Waals surface area contributed by atoms with Crippen LogP contribution in [0.4, 0.5) is 13.2 Å². The van der Waals surface area contributed by atoms with Gasteiger partial charge in [0.15, 0.2) is 0 Å². The largest absolute Gasteiger partial charge is 0.411 e. The molecule has 1 unspecified atom stereocenters. The number of hydrogen-bond acceptors (Lipinski definition) is 4. The standard InChI is InChI=1S/C9H17F3N2O3/c1-16-4-2-7(13)8(15)14-3-5-17-6-9(10,11)12/h7H,2-6,13H2,1H3,(H,14,15). The number of carbonyl (C=O) groups excluding carboxylic acids is 1. The highest BCUT2D eigenvalue weighted by Crippen LogP contribution is 2.13. The maximum Gasteiger partial charge on any atom is 0.411 e. The highest BCUT2D eigenvalue weighted by Gasteiger charge is 2.27. The third kappa shape index (κ3) is 10.0. The molecule has 0 aromatic heterocycles. The molecule has 0 aliphatic rings. The molecule has 0 radical (unpaired) electrons. The predicted molar refractivity (Wildman–Crippen MR) is 54.4 cm³/mol. The summed E-state index contributed by atoms with van der Waals surface area (Å²) in [6.07, 6.45) is -4.00. The van der Waals surface area contributed by atoms with Crippen LogP contribution in [0.15, 0.2) is 0 Å². The molecule has 17 heavy (non-hydrogen) atoms. The normalized spacial score (nSPS) is 13.5. The van der Waals surface area contributed by atoms with E-state index in [0.29, 0.717) is 13.0 Å². The van der Waals surface area contributed by atoms with Crippen molar-refractivity contribution in [3.05, 3.63) is 0 Å². The number of alkyl halides is 3. The lowest BCUT2D eigenvalue weighted by Gasteiger charge is -2.12. The van der Waals surface area contributed by atoms with E-state index in [1.54, 1.807) is 0 Å². The van der Waals surface area contributed by atoms with Gasteiger partial charge in [-0.25, -0.2) is 0 Å². The van der Waals surface area contributed by atoms with Gasteiger partial charge in [-0.05, 0) is 6.42 Å². The molecule has 0 aliphatic heterocycles. The van der Waals surface area contributed by atoms with Crippen molar-refractivity contribution in [2.45, 2.75) is 18.6 Å². The van der Waals surface area contributed by atoms with Gasteiger partial charge in [0.05, 0.1) is 12.6 Å². The molecule has 0 spiro atoms. The average Bonchev–Trinajstić information content (AvgIpc) is 2.23. The monoisotopic (exact) mass is 258 g/mol. The van der Waals surface area contributed by atoms with Crippen LogP contribution in [0.1, 0.15) is 6.42 Å². The number of halogens is 3. The minimum atomic E-state index is -4.35. The second kappa shape index (κ2) is 8.26. The molecule has 0 fully saturated rings. The van der Waals surface area contributed by atoms with Gasteiger partial charge in [-0.15, -0.1) is 0 Å². The fourth-order valence-corrected chi connectivity index (χ4v) is 0.941. The number of rotatable bonds is 8. The Labute approximate surface area is 97.4 Å². The molecule has 8 heteroatoms. The van der Waals surface area contributed by atoms with Gasteiger partial charge in [0.2, 0.25) is 5.91 Å². The molecule has 3 N–H and O–H groups in total. The first-order chi connectivity index (χ1) is 7.87. The van der Waals surface area contributed by atoms with Gasteiger partial charge in [-0.2, -0.15) is 13.2 Å². The molecule has 0 bridgehead atoms. The van der Waals surface area contributed by atoms with E-state index in [9.17, 15) is 18.0 Å². The highest BCUT2D eigenvalue weighted by atomic mass is 19.4. The molecule has 1 amide bonds. The zero-order valence-electron chi connectivity index (χ0n) is 9.55. The Morgan fingerprint density at radius 1 is 1.41 bits per heavy atom. The number of nitrogens with one attached hydrogen (secondary N) is 1. The maximum atomic E-state index is 11.7. The summed E-state index contributed by atoms with van der Waals surface area (Å²) in [7, 11) is 1.48. The van der Waals surface area contributed by atoms with Crippen LogP contribution in [0.5, 0.6) is 0 Å². The van der Waals surface area contributed by atoms with Gasteiger partial charge >= 0.3 is 6.18 Å². The molecular formula is C9H17F3N2O3. The molecular weight excluding hydrogens is 241 g/mol. The summed E-state index contributed by atoms with van der Waals surface area (Å²) in [5.74, 6) is -0.433. The fourth-order valence-electron chi connectivity index (χ4n) is 0.941. The second-order valence-electron chi connectivity index (χ2n) is 3.35. The minimum absolute atomic E-state index is 0.00437. The third-order valence-corrected chi connectivity index (χ3v) is 1.78. The lowest BCUT2D eigenvalue weighted by molar-refractivity contribution is -0.173. The van der Waals surface area contributed by atoms with Crippen molar-refractivity contribution >= 4 is 5.91 Å². The number of nitrogens with two attached hydrogens (primary N) is 1. The van der Waals surface area contributed by atoms with Gasteiger partial charge in [0.25, 0.3) is 0 Å². The van der Waals surface area contributed by atoms with Crippen LogP contribution in [-0.2, 0) is 14.3 Å². The Balaban J connectivity index is 3.51. The number of ether oxygens (including phenoxy) is 2. The summed E-state index contributed by atoms with van der Waals surface area (Å²) in [6.45, 7) is -1.18. The SMILES string of the molecule is COCCC(N)C(=O)NCCOCC(F)(F)F. The van der Waals surface area contributed by atoms with Crippen LogP contribution in [0.3, 0.4) is 0 Å². The molecule has 0 aromatic carbocycles. The van der Waals surface area contributed by atoms with E-state index in [4.69, 9.17) is 10.5 Å². The first kappa shape index (κ1) is 16.1. The maximum absolute atomic E-state index is 11.7. The Hall–Kier alpha value is -0.860. The van der Waals surface area contributed by atoms with Crippen LogP contribution in [0.2, 0.25) is 0 Å². The van der Waals surface area contributed by atoms with E-state index >= 15 is 0 Å². The Kier molecular flexibility index (Phi) is 7.85. The molecule has 0 heterocycles. The van der Waals surface area contributed by atoms with Crippen LogP contribution < -0.4 is 11.1 Å². The van der Waals surface area contributed by atoms with Crippen molar-refractivity contribution < 1.29 is 27.4 Å². The predicted octanol–water partition coefficient (Wildman–Crippen LogP) is 0.0453. The van der Waals surface area contributed by atoms with Gasteiger partial charge < -0.3 is 20.5 Å². The van der Waals surface area contributed by atoms with Crippen molar-refractivity contribution in [3.63, 3.8) is 0 Å². The van der Waals surface area contributed by atoms with Crippen LogP contribution >= 0.6 is 0 Å². The van der Waals surface area contributed by atoms with Crippen molar-refractivity contribution in [1.29, 1.82) is 0 Å². The average molecular weight is 258 g/mol. The van der Waals surface area contributed by atoms with E-state index in [-0.39, 0.29) is 13.2 Å². The number of hydrogen-bond donors (Lipinski definition) is 2. The molecule has 102 valence electrons. The lowest BCUT2D eigenvalue weighted by atomic mass is 10.2. The van der Waals surface area contributed by atoms with E-state index in [1.807, 2.05) is 0 Å². The summed E-state index contributed by atoms with van der Waals surface area (Å²) in [4.78, 5) is 11.2. The smallest absolute Gasteiger partial charge is 0.385 e. The first-order valence-electron chi connectivity index (χ1n) is 5.03. The zero-order valence-corrected chi connectivity index (χ0v) is 9.55. The van der Waals surface area contributed by atoms with Gasteiger partial charge in [-0.3, -0.25) is 4.79 Å². The van der Waals surface area contributed by atoms with E-state index < -0.39 is 24.7 Å². The molecule has 0 aromatic rings. The summed E-state index contributed by atoms with van der Waals surface area (Å²) < 4.78 is 44.0. The number of carbonyl (C=O) groups is 1. The molecule has 0 rings (SSSR count). The van der Waals surface area contributed by atoms with E-state index in [0.717, 1.165) is 0 Å². The molecule has 1 atom stereocenters. The Morgan fingerprint density at radius 2 is 2.06 bits per heavy atom. The molecule has 0 saturated heterocycles. The summed E-state index contributed by atoms with van der Waals surface area (Å²) in [5, 5.41) is 2.37. The highest BCUT2D eigenvalue weighted by molar-refractivity contribution is 5.81. The summed E-state index contributed by atoms with van der Waals surface area (Å²) in [6, 6.07) is -0.724. The van der Waals surface area contributed by atoms with Gasteiger partial charge in [-0.1, -0.05) is 0 Å². The second-order valence-corrected chi connectivity index (χ2v) is 3.35. The zero-order chi connectivity index (χ0) is 13.3. The summed E-state index contributed by atoms with van der Waals surface area (Å²) in [5.41, 5.74) is 5.47. The van der Waals surface area contributed by atoms with Crippen LogP contribution in [0, 0.1) is 0 Å². The quantitative estimate of drug-likeness (QED) is 0.603. The van der Waals surface area contributed by atoms with Crippen LogP contribution in [0.25, 0.3) is 0 Å². The number of methoxy groups -OCH3 is 1. The van der Waals surface area contributed by atoms with Crippen molar-refractivity contribution in [3.8, 4) is 0 Å². The van der Waals surface area contributed by atoms with E-state index in [2.05, 4.69) is 10.1 Å². The molecule has 0 aliphatic carbocycles.